The van der Waals surface area contributed by atoms with E-state index < -0.39 is 0 Å². The number of hydrogen-bond donors (Lipinski definition) is 4. The predicted molar refractivity (Wildman–Crippen MR) is 129 cm³/mol. The highest BCUT2D eigenvalue weighted by atomic mass is 16.5. The van der Waals surface area contributed by atoms with Gasteiger partial charge in [-0.25, -0.2) is 9.97 Å². The molecule has 2 atom stereocenters. The van der Waals surface area contributed by atoms with Crippen molar-refractivity contribution in [2.24, 2.45) is 5.41 Å². The molecule has 1 aromatic carbocycles. The molecule has 8 heteroatoms. The van der Waals surface area contributed by atoms with Crippen LogP contribution in [0.5, 0.6) is 0 Å². The van der Waals surface area contributed by atoms with E-state index in [0.29, 0.717) is 13.2 Å². The number of amides is 1. The first-order valence-electron chi connectivity index (χ1n) is 11.6. The molecule has 1 aromatic heterocycles. The molecule has 32 heavy (non-hydrogen) atoms. The van der Waals surface area contributed by atoms with Gasteiger partial charge in [-0.15, -0.1) is 0 Å². The Labute approximate surface area is 191 Å². The van der Waals surface area contributed by atoms with E-state index in [1.807, 2.05) is 12.1 Å². The molecule has 176 valence electrons. The molecule has 8 nitrogen and oxygen atoms in total. The molecule has 0 unspecified atom stereocenters. The number of nitrogens with zero attached hydrogens (tertiary/aromatic N) is 2. The topological polar surface area (TPSA) is 100 Å². The Morgan fingerprint density at radius 3 is 2.62 bits per heavy atom. The van der Waals surface area contributed by atoms with E-state index in [9.17, 15) is 4.79 Å². The number of benzene rings is 1. The summed E-state index contributed by atoms with van der Waals surface area (Å²) in [4.78, 5) is 22.0. The Morgan fingerprint density at radius 2 is 1.91 bits per heavy atom. The number of hydrazine groups is 1. The summed E-state index contributed by atoms with van der Waals surface area (Å²) in [6.45, 7) is 10.3. The average molecular weight is 443 g/mol. The molecule has 1 heterocycles. The van der Waals surface area contributed by atoms with Crippen LogP contribution < -0.4 is 21.5 Å². The molecule has 1 amide bonds. The largest absolute Gasteiger partial charge is 0.383 e. The highest BCUT2D eigenvalue weighted by molar-refractivity contribution is 5.96. The van der Waals surface area contributed by atoms with Crippen LogP contribution in [-0.4, -0.2) is 54.8 Å². The molecular weight excluding hydrogens is 404 g/mol. The van der Waals surface area contributed by atoms with E-state index >= 15 is 0 Å². The minimum Gasteiger partial charge on any atom is -0.383 e. The number of aryl methyl sites for hydroxylation is 1. The van der Waals surface area contributed by atoms with Crippen molar-refractivity contribution in [3.8, 4) is 0 Å². The summed E-state index contributed by atoms with van der Waals surface area (Å²) in [6, 6.07) is 6.51. The van der Waals surface area contributed by atoms with Crippen molar-refractivity contribution in [3.63, 3.8) is 0 Å². The number of fused-ring (bicyclic) bond motifs is 1. The fourth-order valence-electron chi connectivity index (χ4n) is 3.89. The van der Waals surface area contributed by atoms with Gasteiger partial charge in [0.25, 0.3) is 5.91 Å². The highest BCUT2D eigenvalue weighted by Crippen LogP contribution is 2.27. The number of methoxy groups -OCH3 is 1. The van der Waals surface area contributed by atoms with Crippen molar-refractivity contribution < 1.29 is 9.53 Å². The molecule has 1 aliphatic carbocycles. The summed E-state index contributed by atoms with van der Waals surface area (Å²) in [5.74, 6) is 0.673. The van der Waals surface area contributed by atoms with Gasteiger partial charge < -0.3 is 15.4 Å². The molecular formula is C24H38N6O2. The van der Waals surface area contributed by atoms with Gasteiger partial charge in [0.05, 0.1) is 12.1 Å². The van der Waals surface area contributed by atoms with E-state index in [-0.39, 0.29) is 29.2 Å². The van der Waals surface area contributed by atoms with Gasteiger partial charge in [-0.2, -0.15) is 0 Å². The number of anilines is 1. The zero-order valence-corrected chi connectivity index (χ0v) is 20.0. The smallest absolute Gasteiger partial charge is 0.289 e. The van der Waals surface area contributed by atoms with Gasteiger partial charge in [0.1, 0.15) is 5.82 Å². The van der Waals surface area contributed by atoms with Gasteiger partial charge in [0.15, 0.2) is 0 Å². The summed E-state index contributed by atoms with van der Waals surface area (Å²) in [5, 5.41) is 7.55. The third-order valence-electron chi connectivity index (χ3n) is 5.64. The van der Waals surface area contributed by atoms with E-state index in [1.54, 1.807) is 7.11 Å². The third kappa shape index (κ3) is 6.85. The van der Waals surface area contributed by atoms with Gasteiger partial charge in [-0.05, 0) is 37.3 Å². The molecule has 0 bridgehead atoms. The first-order valence-corrected chi connectivity index (χ1v) is 11.6. The Bertz CT molecular complexity index is 911. The number of nitrogens with one attached hydrogen (secondary N) is 4. The maximum absolute atomic E-state index is 12.8. The lowest BCUT2D eigenvalue weighted by Crippen LogP contribution is -2.52. The lowest BCUT2D eigenvalue weighted by atomic mass is 9.90. The van der Waals surface area contributed by atoms with Gasteiger partial charge in [-0.3, -0.25) is 15.6 Å². The highest BCUT2D eigenvalue weighted by Gasteiger charge is 2.26. The molecule has 0 radical (unpaired) electrons. The first kappa shape index (κ1) is 24.4. The number of carbonyl (C=O) groups excluding carboxylic acids is 1. The summed E-state index contributed by atoms with van der Waals surface area (Å²) in [5.41, 5.74) is 8.60. The molecule has 0 aliphatic heterocycles. The lowest BCUT2D eigenvalue weighted by Gasteiger charge is -2.33. The monoisotopic (exact) mass is 442 g/mol. The lowest BCUT2D eigenvalue weighted by molar-refractivity contribution is 0.0929. The van der Waals surface area contributed by atoms with Crippen LogP contribution in [0, 0.1) is 12.3 Å². The number of rotatable bonds is 9. The Kier molecular flexibility index (Phi) is 8.39. The second kappa shape index (κ2) is 11.0. The van der Waals surface area contributed by atoms with Crippen LogP contribution in [0.2, 0.25) is 0 Å². The minimum absolute atomic E-state index is 0.0124. The summed E-state index contributed by atoms with van der Waals surface area (Å²) < 4.78 is 5.12. The standard InChI is InChI=1S/C24H38N6O2/c1-16-10-11-18-17(14-16)21(29-22(27-18)23(31)25-15-24(2,3)4)28-19-8-6-7-9-20(19)30-26-12-13-32-5/h10-11,14,19-20,26,30H,6-9,12-13,15H2,1-5H3,(H,25,31)(H,27,28,29)/t19-,20+/m0/s1. The molecule has 1 fully saturated rings. The van der Waals surface area contributed by atoms with Crippen LogP contribution in [-0.2, 0) is 4.74 Å². The molecule has 0 saturated heterocycles. The molecule has 3 rings (SSSR count). The Morgan fingerprint density at radius 1 is 1.16 bits per heavy atom. The van der Waals surface area contributed by atoms with Crippen LogP contribution in [0.15, 0.2) is 18.2 Å². The number of hydrogen-bond acceptors (Lipinski definition) is 7. The second-order valence-electron chi connectivity index (χ2n) is 9.87. The maximum atomic E-state index is 12.8. The minimum atomic E-state index is -0.245. The SMILES string of the molecule is COCCNN[C@@H]1CCCC[C@@H]1Nc1nc(C(=O)NCC(C)(C)C)nc2ccc(C)cc12. The quantitative estimate of drug-likeness (QED) is 0.350. The predicted octanol–water partition coefficient (Wildman–Crippen LogP) is 3.18. The zero-order valence-electron chi connectivity index (χ0n) is 20.0. The van der Waals surface area contributed by atoms with Crippen molar-refractivity contribution in [2.45, 2.75) is 65.5 Å². The summed E-state index contributed by atoms with van der Waals surface area (Å²) in [7, 11) is 1.70. The zero-order chi connectivity index (χ0) is 23.1. The van der Waals surface area contributed by atoms with Crippen LogP contribution in [0.25, 0.3) is 10.9 Å². The van der Waals surface area contributed by atoms with E-state index in [2.05, 4.69) is 65.2 Å². The van der Waals surface area contributed by atoms with Gasteiger partial charge in [0, 0.05) is 37.7 Å². The molecule has 1 saturated carbocycles. The van der Waals surface area contributed by atoms with Crippen molar-refractivity contribution in [1.29, 1.82) is 0 Å². The van der Waals surface area contributed by atoms with E-state index in [1.165, 1.54) is 6.42 Å². The number of carbonyl (C=O) groups is 1. The summed E-state index contributed by atoms with van der Waals surface area (Å²) in [6.07, 6.45) is 4.45. The van der Waals surface area contributed by atoms with Crippen LogP contribution in [0.4, 0.5) is 5.82 Å². The molecule has 0 spiro atoms. The molecule has 1 aliphatic rings. The van der Waals surface area contributed by atoms with Crippen LogP contribution in [0.3, 0.4) is 0 Å². The average Bonchev–Trinajstić information content (AvgIpc) is 2.75. The van der Waals surface area contributed by atoms with Crippen molar-refractivity contribution in [3.05, 3.63) is 29.6 Å². The van der Waals surface area contributed by atoms with Gasteiger partial charge in [-0.1, -0.05) is 45.2 Å². The van der Waals surface area contributed by atoms with E-state index in [0.717, 1.165) is 48.1 Å². The van der Waals surface area contributed by atoms with Gasteiger partial charge in [0.2, 0.25) is 5.82 Å². The van der Waals surface area contributed by atoms with Crippen molar-refractivity contribution in [1.82, 2.24) is 26.1 Å². The van der Waals surface area contributed by atoms with Crippen LogP contribution >= 0.6 is 0 Å². The fourth-order valence-corrected chi connectivity index (χ4v) is 3.89. The third-order valence-corrected chi connectivity index (χ3v) is 5.64. The molecule has 4 N–H and O–H groups in total. The Hall–Kier alpha value is -2.29. The van der Waals surface area contributed by atoms with E-state index in [4.69, 9.17) is 4.74 Å². The first-order chi connectivity index (χ1) is 15.3. The van der Waals surface area contributed by atoms with Crippen LogP contribution in [0.1, 0.15) is 62.6 Å². The van der Waals surface area contributed by atoms with Crippen molar-refractivity contribution >= 4 is 22.6 Å². The maximum Gasteiger partial charge on any atom is 0.289 e. The molecule has 2 aromatic rings. The number of ether oxygens (including phenoxy) is 1. The Balaban J connectivity index is 1.84. The number of aromatic nitrogens is 2. The van der Waals surface area contributed by atoms with Crippen molar-refractivity contribution in [2.75, 3.05) is 32.1 Å². The second-order valence-corrected chi connectivity index (χ2v) is 9.87. The normalized spacial score (nSPS) is 19.2. The summed E-state index contributed by atoms with van der Waals surface area (Å²) >= 11 is 0. The van der Waals surface area contributed by atoms with Gasteiger partial charge >= 0.3 is 0 Å². The fraction of sp³-hybridized carbons (Fsp3) is 0.625.